The van der Waals surface area contributed by atoms with Crippen LogP contribution in [0.1, 0.15) is 6.92 Å². The van der Waals surface area contributed by atoms with Crippen molar-refractivity contribution in [1.82, 2.24) is 10.2 Å². The fourth-order valence-corrected chi connectivity index (χ4v) is 1.77. The smallest absolute Gasteiger partial charge is 0.277 e. The second-order valence-corrected chi connectivity index (χ2v) is 4.55. The maximum absolute atomic E-state index is 12.7. The van der Waals surface area contributed by atoms with Crippen LogP contribution in [0.25, 0.3) is 11.5 Å². The highest BCUT2D eigenvalue weighted by Gasteiger charge is 2.08. The highest BCUT2D eigenvalue weighted by Crippen LogP contribution is 2.24. The van der Waals surface area contributed by atoms with Gasteiger partial charge < -0.3 is 4.42 Å². The van der Waals surface area contributed by atoms with Crippen LogP contribution in [0.4, 0.5) is 4.39 Å². The zero-order valence-electron chi connectivity index (χ0n) is 9.31. The van der Waals surface area contributed by atoms with E-state index in [4.69, 9.17) is 4.42 Å². The molecule has 2 aromatic rings. The summed E-state index contributed by atoms with van der Waals surface area (Å²) in [5.74, 6) is 0.852. The summed E-state index contributed by atoms with van der Waals surface area (Å²) in [4.78, 5) is 0. The van der Waals surface area contributed by atoms with Crippen LogP contribution in [-0.2, 0) is 0 Å². The predicted molar refractivity (Wildman–Crippen MR) is 65.2 cm³/mol. The third-order valence-corrected chi connectivity index (χ3v) is 2.99. The third-order valence-electron chi connectivity index (χ3n) is 1.94. The summed E-state index contributed by atoms with van der Waals surface area (Å²) in [5, 5.41) is 8.30. The first-order valence-corrected chi connectivity index (χ1v) is 6.00. The van der Waals surface area contributed by atoms with Crippen LogP contribution in [0.3, 0.4) is 0 Å². The van der Waals surface area contributed by atoms with Gasteiger partial charge in [-0.05, 0) is 31.2 Å². The summed E-state index contributed by atoms with van der Waals surface area (Å²) in [6.45, 7) is 5.73. The van der Waals surface area contributed by atoms with Crippen molar-refractivity contribution in [3.8, 4) is 11.5 Å². The zero-order chi connectivity index (χ0) is 12.3. The maximum Gasteiger partial charge on any atom is 0.277 e. The minimum Gasteiger partial charge on any atom is -0.411 e. The van der Waals surface area contributed by atoms with Crippen LogP contribution in [-0.4, -0.2) is 16.0 Å². The van der Waals surface area contributed by atoms with Crippen molar-refractivity contribution in [2.45, 2.75) is 12.1 Å². The topological polar surface area (TPSA) is 38.9 Å². The molecular weight excluding hydrogens is 239 g/mol. The molecule has 88 valence electrons. The van der Waals surface area contributed by atoms with Gasteiger partial charge in [0.1, 0.15) is 5.82 Å². The lowest BCUT2D eigenvalue weighted by Gasteiger charge is -1.94. The van der Waals surface area contributed by atoms with E-state index in [0.29, 0.717) is 16.7 Å². The molecule has 5 heteroatoms. The van der Waals surface area contributed by atoms with Gasteiger partial charge >= 0.3 is 0 Å². The first kappa shape index (κ1) is 11.9. The Morgan fingerprint density at radius 3 is 2.71 bits per heavy atom. The van der Waals surface area contributed by atoms with E-state index in [1.807, 2.05) is 6.92 Å². The summed E-state index contributed by atoms with van der Waals surface area (Å²) in [7, 11) is 0. The number of halogens is 1. The van der Waals surface area contributed by atoms with Crippen LogP contribution in [0.2, 0.25) is 0 Å². The Morgan fingerprint density at radius 1 is 1.35 bits per heavy atom. The van der Waals surface area contributed by atoms with Gasteiger partial charge in [0.2, 0.25) is 5.89 Å². The molecule has 1 heterocycles. The van der Waals surface area contributed by atoms with E-state index < -0.39 is 0 Å². The molecule has 17 heavy (non-hydrogen) atoms. The molecule has 0 spiro atoms. The van der Waals surface area contributed by atoms with E-state index in [-0.39, 0.29) is 5.82 Å². The van der Waals surface area contributed by atoms with E-state index in [1.54, 1.807) is 12.1 Å². The van der Waals surface area contributed by atoms with Gasteiger partial charge in [-0.3, -0.25) is 0 Å². The largest absolute Gasteiger partial charge is 0.411 e. The van der Waals surface area contributed by atoms with Gasteiger partial charge in [0.15, 0.2) is 0 Å². The quantitative estimate of drug-likeness (QED) is 0.614. The molecule has 0 saturated carbocycles. The molecule has 0 amide bonds. The minimum absolute atomic E-state index is 0.287. The monoisotopic (exact) mass is 250 g/mol. The summed E-state index contributed by atoms with van der Waals surface area (Å²) < 4.78 is 18.2. The SMILES string of the molecule is C=C(C)CSc1nnc(-c2ccc(F)cc2)o1. The molecule has 0 aliphatic heterocycles. The average Bonchev–Trinajstić information content (AvgIpc) is 2.76. The lowest BCUT2D eigenvalue weighted by Crippen LogP contribution is -1.79. The summed E-state index contributed by atoms with van der Waals surface area (Å²) in [6.07, 6.45) is 0. The van der Waals surface area contributed by atoms with E-state index in [0.717, 1.165) is 11.3 Å². The van der Waals surface area contributed by atoms with Crippen molar-refractivity contribution < 1.29 is 8.81 Å². The van der Waals surface area contributed by atoms with Crippen LogP contribution in [0.15, 0.2) is 46.1 Å². The first-order valence-electron chi connectivity index (χ1n) is 5.02. The number of aromatic nitrogens is 2. The average molecular weight is 250 g/mol. The number of hydrogen-bond donors (Lipinski definition) is 0. The number of rotatable bonds is 4. The van der Waals surface area contributed by atoms with Gasteiger partial charge in [-0.15, -0.1) is 10.2 Å². The predicted octanol–water partition coefficient (Wildman–Crippen LogP) is 3.54. The summed E-state index contributed by atoms with van der Waals surface area (Å²) in [6, 6.07) is 5.94. The van der Waals surface area contributed by atoms with Gasteiger partial charge in [-0.2, -0.15) is 0 Å². The van der Waals surface area contributed by atoms with Crippen molar-refractivity contribution in [3.63, 3.8) is 0 Å². The maximum atomic E-state index is 12.7. The normalized spacial score (nSPS) is 10.5. The molecule has 3 nitrogen and oxygen atoms in total. The van der Waals surface area contributed by atoms with Gasteiger partial charge in [-0.25, -0.2) is 4.39 Å². The molecule has 0 saturated heterocycles. The molecule has 1 aromatic heterocycles. The molecule has 2 rings (SSSR count). The van der Waals surface area contributed by atoms with Crippen molar-refractivity contribution >= 4 is 11.8 Å². The van der Waals surface area contributed by atoms with E-state index in [1.165, 1.54) is 23.9 Å². The standard InChI is InChI=1S/C12H11FN2OS/c1-8(2)7-17-12-15-14-11(16-12)9-3-5-10(13)6-4-9/h3-6H,1,7H2,2H3. The first-order chi connectivity index (χ1) is 8.15. The fourth-order valence-electron chi connectivity index (χ4n) is 1.16. The molecule has 0 atom stereocenters. The van der Waals surface area contributed by atoms with Crippen LogP contribution < -0.4 is 0 Å². The van der Waals surface area contributed by atoms with Crippen LogP contribution in [0, 0.1) is 5.82 Å². The van der Waals surface area contributed by atoms with Crippen molar-refractivity contribution in [1.29, 1.82) is 0 Å². The molecule has 0 N–H and O–H groups in total. The second kappa shape index (κ2) is 5.14. The van der Waals surface area contributed by atoms with Gasteiger partial charge in [0, 0.05) is 11.3 Å². The number of nitrogens with zero attached hydrogens (tertiary/aromatic N) is 2. The lowest BCUT2D eigenvalue weighted by molar-refractivity contribution is 0.466. The Labute approximate surface area is 103 Å². The molecule has 0 fully saturated rings. The van der Waals surface area contributed by atoms with E-state index in [2.05, 4.69) is 16.8 Å². The number of benzene rings is 1. The molecule has 0 aliphatic carbocycles. The lowest BCUT2D eigenvalue weighted by atomic mass is 10.2. The van der Waals surface area contributed by atoms with Crippen LogP contribution >= 0.6 is 11.8 Å². The Kier molecular flexibility index (Phi) is 3.58. The minimum atomic E-state index is -0.287. The molecule has 0 bridgehead atoms. The molecule has 0 unspecified atom stereocenters. The number of thioether (sulfide) groups is 1. The Hall–Kier alpha value is -1.62. The molecule has 0 aliphatic rings. The number of hydrogen-bond acceptors (Lipinski definition) is 4. The van der Waals surface area contributed by atoms with E-state index in [9.17, 15) is 4.39 Å². The highest BCUT2D eigenvalue weighted by molar-refractivity contribution is 7.99. The Morgan fingerprint density at radius 2 is 2.06 bits per heavy atom. The third kappa shape index (κ3) is 3.17. The van der Waals surface area contributed by atoms with Crippen molar-refractivity contribution in [2.24, 2.45) is 0 Å². The molecule has 1 aromatic carbocycles. The van der Waals surface area contributed by atoms with Gasteiger partial charge in [0.05, 0.1) is 0 Å². The summed E-state index contributed by atoms with van der Waals surface area (Å²) in [5.41, 5.74) is 1.75. The second-order valence-electron chi connectivity index (χ2n) is 3.63. The van der Waals surface area contributed by atoms with Crippen LogP contribution in [0.5, 0.6) is 0 Å². The Balaban J connectivity index is 2.12. The van der Waals surface area contributed by atoms with Gasteiger partial charge in [0.25, 0.3) is 5.22 Å². The van der Waals surface area contributed by atoms with E-state index >= 15 is 0 Å². The molecule has 0 radical (unpaired) electrons. The van der Waals surface area contributed by atoms with Crippen molar-refractivity contribution in [3.05, 3.63) is 42.2 Å². The summed E-state index contributed by atoms with van der Waals surface area (Å²) >= 11 is 1.43. The Bertz CT molecular complexity index is 522. The highest BCUT2D eigenvalue weighted by atomic mass is 32.2. The van der Waals surface area contributed by atoms with Crippen molar-refractivity contribution in [2.75, 3.05) is 5.75 Å². The fraction of sp³-hybridized carbons (Fsp3) is 0.167. The van der Waals surface area contributed by atoms with Gasteiger partial charge in [-0.1, -0.05) is 23.9 Å². The zero-order valence-corrected chi connectivity index (χ0v) is 10.1. The molecular formula is C12H11FN2OS.